The van der Waals surface area contributed by atoms with Gasteiger partial charge in [0.2, 0.25) is 5.95 Å². The average molecular weight is 762 g/mol. The largest absolute Gasteiger partial charge is 0.449 e. The second-order valence-corrected chi connectivity index (χ2v) is 12.6. The first kappa shape index (κ1) is 39.6. The van der Waals surface area contributed by atoms with Crippen LogP contribution in [0.1, 0.15) is 78.6 Å². The van der Waals surface area contributed by atoms with Gasteiger partial charge in [0.15, 0.2) is 0 Å². The molecule has 2 atom stereocenters. The normalized spacial score (nSPS) is 18.1. The summed E-state index contributed by atoms with van der Waals surface area (Å²) >= 11 is 0. The number of unbranched alkanes of at least 4 members (excludes halogenated alkanes) is 2. The van der Waals surface area contributed by atoms with Gasteiger partial charge in [0.1, 0.15) is 6.29 Å². The van der Waals surface area contributed by atoms with Crippen LogP contribution in [0, 0.1) is 0 Å². The molecule has 1 aromatic heterocycles. The summed E-state index contributed by atoms with van der Waals surface area (Å²) in [5, 5.41) is 3.03. The number of carbonyl (C=O) groups is 2. The van der Waals surface area contributed by atoms with Crippen molar-refractivity contribution in [2.24, 2.45) is 0 Å². The number of anilines is 3. The number of aldehydes is 1. The molecule has 2 aliphatic heterocycles. The number of fused-ring (bicyclic) bond motifs is 1. The molecule has 9 nitrogen and oxygen atoms in total. The van der Waals surface area contributed by atoms with E-state index < -0.39 is 59.8 Å². The lowest BCUT2D eigenvalue weighted by Crippen LogP contribution is -2.46. The number of carbonyl (C=O) groups excluding carboxylic acids is 2. The van der Waals surface area contributed by atoms with Crippen LogP contribution < -0.4 is 15.1 Å². The fourth-order valence-electron chi connectivity index (χ4n) is 6.37. The maximum Gasteiger partial charge on any atom is 0.416 e. The SMILES string of the molecule is CCC1CC(Nc2ncc(N3CCOCC3)c(Cc3cc(C(F)(F)F)cc(C(F)(F)F)c3)n2)c2cc(C(F)(F)F)ccc2N1C(=O)OCCCCC=O. The molecule has 0 radical (unpaired) electrons. The van der Waals surface area contributed by atoms with Gasteiger partial charge in [0, 0.05) is 32.0 Å². The third-order valence-electron chi connectivity index (χ3n) is 8.99. The summed E-state index contributed by atoms with van der Waals surface area (Å²) in [5.74, 6) is -0.144. The van der Waals surface area contributed by atoms with Crippen LogP contribution in [-0.4, -0.2) is 61.3 Å². The van der Waals surface area contributed by atoms with E-state index in [1.54, 1.807) is 11.8 Å². The zero-order valence-corrected chi connectivity index (χ0v) is 28.4. The molecule has 288 valence electrons. The van der Waals surface area contributed by atoms with E-state index in [4.69, 9.17) is 9.47 Å². The summed E-state index contributed by atoms with van der Waals surface area (Å²) in [5.41, 5.74) is -3.68. The van der Waals surface area contributed by atoms with Gasteiger partial charge >= 0.3 is 24.6 Å². The highest BCUT2D eigenvalue weighted by Crippen LogP contribution is 2.43. The summed E-state index contributed by atoms with van der Waals surface area (Å²) in [7, 11) is 0. The minimum Gasteiger partial charge on any atom is -0.449 e. The molecular formula is C35H36F9N5O4. The zero-order valence-electron chi connectivity index (χ0n) is 28.4. The Morgan fingerprint density at radius 1 is 0.925 bits per heavy atom. The van der Waals surface area contributed by atoms with Gasteiger partial charge in [-0.15, -0.1) is 0 Å². The van der Waals surface area contributed by atoms with Gasteiger partial charge in [-0.3, -0.25) is 4.90 Å². The second kappa shape index (κ2) is 16.2. The Bertz CT molecular complexity index is 1730. The lowest BCUT2D eigenvalue weighted by Gasteiger charge is -2.40. The van der Waals surface area contributed by atoms with Crippen molar-refractivity contribution < 1.29 is 58.6 Å². The maximum atomic E-state index is 13.9. The number of ether oxygens (including phenoxy) is 2. The number of nitrogens with one attached hydrogen (secondary N) is 1. The van der Waals surface area contributed by atoms with E-state index in [0.717, 1.165) is 18.4 Å². The number of nitrogens with zero attached hydrogens (tertiary/aromatic N) is 4. The fourth-order valence-corrected chi connectivity index (χ4v) is 6.37. The molecule has 5 rings (SSSR count). The van der Waals surface area contributed by atoms with E-state index in [1.165, 1.54) is 17.2 Å². The third kappa shape index (κ3) is 9.69. The molecule has 53 heavy (non-hydrogen) atoms. The van der Waals surface area contributed by atoms with Crippen LogP contribution in [-0.2, 0) is 39.2 Å². The molecule has 2 unspecified atom stereocenters. The summed E-state index contributed by atoms with van der Waals surface area (Å²) in [6.45, 7) is 3.00. The monoisotopic (exact) mass is 761 g/mol. The lowest BCUT2D eigenvalue weighted by atomic mass is 9.89. The van der Waals surface area contributed by atoms with Gasteiger partial charge in [-0.05, 0) is 73.2 Å². The first-order chi connectivity index (χ1) is 25.0. The van der Waals surface area contributed by atoms with E-state index >= 15 is 0 Å². The fraction of sp³-hybridized carbons (Fsp3) is 0.486. The van der Waals surface area contributed by atoms with Crippen molar-refractivity contribution in [2.45, 2.75) is 76.1 Å². The Kier molecular flexibility index (Phi) is 12.1. The van der Waals surface area contributed by atoms with Crippen LogP contribution in [0.25, 0.3) is 0 Å². The van der Waals surface area contributed by atoms with E-state index in [9.17, 15) is 49.1 Å². The Morgan fingerprint density at radius 2 is 1.58 bits per heavy atom. The predicted octanol–water partition coefficient (Wildman–Crippen LogP) is 8.61. The summed E-state index contributed by atoms with van der Waals surface area (Å²) in [6, 6.07) is 2.69. The minimum absolute atomic E-state index is 0.0142. The van der Waals surface area contributed by atoms with Gasteiger partial charge in [-0.2, -0.15) is 39.5 Å². The number of aromatic nitrogens is 2. The Labute approximate surface area is 298 Å². The summed E-state index contributed by atoms with van der Waals surface area (Å²) < 4.78 is 135. The molecule has 18 heteroatoms. The highest BCUT2D eigenvalue weighted by molar-refractivity contribution is 5.90. The molecule has 1 fully saturated rings. The van der Waals surface area contributed by atoms with Crippen molar-refractivity contribution in [3.05, 3.63) is 76.1 Å². The van der Waals surface area contributed by atoms with Crippen molar-refractivity contribution in [1.29, 1.82) is 0 Å². The number of alkyl halides is 9. The molecule has 0 saturated carbocycles. The molecule has 2 aliphatic rings. The average Bonchev–Trinajstić information content (AvgIpc) is 3.10. The van der Waals surface area contributed by atoms with Gasteiger partial charge < -0.3 is 24.5 Å². The van der Waals surface area contributed by atoms with Crippen molar-refractivity contribution in [2.75, 3.05) is 48.0 Å². The van der Waals surface area contributed by atoms with Crippen molar-refractivity contribution >= 4 is 29.7 Å². The van der Waals surface area contributed by atoms with E-state index in [1.807, 2.05) is 0 Å². The molecule has 0 aliphatic carbocycles. The molecule has 2 aromatic carbocycles. The molecule has 0 spiro atoms. The van der Waals surface area contributed by atoms with Crippen LogP contribution in [0.2, 0.25) is 0 Å². The van der Waals surface area contributed by atoms with E-state index in [-0.39, 0.29) is 67.2 Å². The second-order valence-electron chi connectivity index (χ2n) is 12.6. The molecule has 1 amide bonds. The summed E-state index contributed by atoms with van der Waals surface area (Å²) in [6.07, 6.45) is -12.5. The standard InChI is InChI=1S/C35H36F9N5O4/c1-2-25-19-27(26-18-22(33(36,37)38)6-7-29(26)49(25)32(51)53-11-5-3-4-10-50)46-31-45-20-30(48-8-12-52-13-9-48)28(47-31)16-21-14-23(34(39,40)41)17-24(15-21)35(42,43)44/h6-7,10,14-15,17-18,20,25,27H,2-5,8-9,11-13,16,19H2,1H3,(H,45,46,47). The number of halogens is 9. The highest BCUT2D eigenvalue weighted by atomic mass is 19.4. The van der Waals surface area contributed by atoms with Crippen LogP contribution in [0.4, 0.5) is 61.6 Å². The molecule has 3 heterocycles. The minimum atomic E-state index is -5.07. The first-order valence-corrected chi connectivity index (χ1v) is 16.8. The first-order valence-electron chi connectivity index (χ1n) is 16.8. The van der Waals surface area contributed by atoms with Crippen LogP contribution in [0.15, 0.2) is 42.6 Å². The number of hydrogen-bond donors (Lipinski definition) is 1. The van der Waals surface area contributed by atoms with Crippen LogP contribution >= 0.6 is 0 Å². The Hall–Kier alpha value is -4.61. The number of hydrogen-bond acceptors (Lipinski definition) is 8. The lowest BCUT2D eigenvalue weighted by molar-refractivity contribution is -0.143. The van der Waals surface area contributed by atoms with E-state index in [2.05, 4.69) is 15.3 Å². The molecule has 3 aromatic rings. The van der Waals surface area contributed by atoms with Crippen molar-refractivity contribution in [3.8, 4) is 0 Å². The molecule has 1 saturated heterocycles. The predicted molar refractivity (Wildman–Crippen MR) is 175 cm³/mol. The Balaban J connectivity index is 1.53. The van der Waals surface area contributed by atoms with Gasteiger partial charge in [-0.25, -0.2) is 14.8 Å². The third-order valence-corrected chi connectivity index (χ3v) is 8.99. The van der Waals surface area contributed by atoms with Gasteiger partial charge in [0.05, 0.1) is 65.8 Å². The number of amides is 1. The zero-order chi connectivity index (χ0) is 38.6. The van der Waals surface area contributed by atoms with Crippen molar-refractivity contribution in [3.63, 3.8) is 0 Å². The molecule has 0 bridgehead atoms. The summed E-state index contributed by atoms with van der Waals surface area (Å²) in [4.78, 5) is 35.9. The number of benzene rings is 2. The Morgan fingerprint density at radius 3 is 2.19 bits per heavy atom. The van der Waals surface area contributed by atoms with Crippen LogP contribution in [0.5, 0.6) is 0 Å². The van der Waals surface area contributed by atoms with Crippen molar-refractivity contribution in [1.82, 2.24) is 9.97 Å². The van der Waals surface area contributed by atoms with E-state index in [0.29, 0.717) is 50.2 Å². The highest BCUT2D eigenvalue weighted by Gasteiger charge is 2.40. The quantitative estimate of drug-likeness (QED) is 0.118. The molecular weight excluding hydrogens is 725 g/mol. The molecule has 1 N–H and O–H groups in total. The topological polar surface area (TPSA) is 96.9 Å². The number of morpholine rings is 1. The maximum absolute atomic E-state index is 13.9. The smallest absolute Gasteiger partial charge is 0.416 e. The number of rotatable bonds is 11. The van der Waals surface area contributed by atoms with Gasteiger partial charge in [-0.1, -0.05) is 6.92 Å². The van der Waals surface area contributed by atoms with Gasteiger partial charge in [0.25, 0.3) is 0 Å². The van der Waals surface area contributed by atoms with Crippen LogP contribution in [0.3, 0.4) is 0 Å².